The van der Waals surface area contributed by atoms with Gasteiger partial charge >= 0.3 is 0 Å². The van der Waals surface area contributed by atoms with E-state index in [1.807, 2.05) is 6.07 Å². The van der Waals surface area contributed by atoms with Crippen molar-refractivity contribution in [1.82, 2.24) is 15.8 Å². The Kier molecular flexibility index (Phi) is 5.59. The molecule has 0 radical (unpaired) electrons. The number of benzene rings is 2. The second-order valence-corrected chi connectivity index (χ2v) is 9.26. The molecule has 5 rings (SSSR count). The van der Waals surface area contributed by atoms with E-state index in [1.54, 1.807) is 6.07 Å². The zero-order valence-electron chi connectivity index (χ0n) is 18.3. The summed E-state index contributed by atoms with van der Waals surface area (Å²) in [6.07, 6.45) is 4.27. The van der Waals surface area contributed by atoms with Crippen LogP contribution in [0.25, 0.3) is 0 Å². The lowest BCUT2D eigenvalue weighted by Crippen LogP contribution is -2.45. The van der Waals surface area contributed by atoms with Crippen LogP contribution in [0.15, 0.2) is 42.5 Å². The van der Waals surface area contributed by atoms with Gasteiger partial charge in [0.2, 0.25) is 11.8 Å². The summed E-state index contributed by atoms with van der Waals surface area (Å²) in [7, 11) is 0. The second kappa shape index (κ2) is 8.54. The third-order valence-electron chi connectivity index (χ3n) is 6.84. The van der Waals surface area contributed by atoms with Crippen LogP contribution in [0.1, 0.15) is 48.4 Å². The lowest BCUT2D eigenvalue weighted by atomic mass is 9.87. The maximum absolute atomic E-state index is 14.2. The smallest absolute Gasteiger partial charge is 0.244 e. The number of halogens is 1. The minimum atomic E-state index is -0.367. The molecule has 2 N–H and O–H groups in total. The van der Waals surface area contributed by atoms with Gasteiger partial charge in [0.25, 0.3) is 0 Å². The van der Waals surface area contributed by atoms with Crippen LogP contribution in [0.2, 0.25) is 0 Å². The average molecular weight is 437 g/mol. The van der Waals surface area contributed by atoms with Gasteiger partial charge in [-0.15, -0.1) is 0 Å². The fraction of sp³-hybridized carbons (Fsp3) is 0.440. The molecular weight excluding hydrogens is 407 g/mol. The number of carbonyl (C=O) groups excluding carboxylic acids is 2. The van der Waals surface area contributed by atoms with Crippen molar-refractivity contribution in [2.75, 3.05) is 18.0 Å². The second-order valence-electron chi connectivity index (χ2n) is 9.26. The van der Waals surface area contributed by atoms with Crippen LogP contribution in [0.5, 0.6) is 0 Å². The average Bonchev–Trinajstić information content (AvgIpc) is 3.37. The Bertz CT molecular complexity index is 1040. The summed E-state index contributed by atoms with van der Waals surface area (Å²) in [5.74, 6) is -0.951. The molecule has 1 saturated heterocycles. The molecule has 0 spiro atoms. The molecule has 0 aromatic heterocycles. The molecule has 2 aromatic rings. The molecule has 1 aliphatic carbocycles. The molecule has 2 aromatic carbocycles. The molecule has 32 heavy (non-hydrogen) atoms. The van der Waals surface area contributed by atoms with Crippen LogP contribution in [0.4, 0.5) is 10.1 Å². The molecule has 168 valence electrons. The highest BCUT2D eigenvalue weighted by molar-refractivity contribution is 5.89. The molecular formula is C25H29FN4O2. The highest BCUT2D eigenvalue weighted by Crippen LogP contribution is 2.42. The molecule has 0 bridgehead atoms. The first-order chi connectivity index (χ1) is 15.5. The van der Waals surface area contributed by atoms with Gasteiger partial charge < -0.3 is 10.2 Å². The Morgan fingerprint density at radius 3 is 2.78 bits per heavy atom. The zero-order valence-corrected chi connectivity index (χ0v) is 18.3. The van der Waals surface area contributed by atoms with Crippen LogP contribution in [-0.2, 0) is 16.1 Å². The van der Waals surface area contributed by atoms with Gasteiger partial charge in [-0.25, -0.2) is 9.82 Å². The summed E-state index contributed by atoms with van der Waals surface area (Å²) in [5, 5.41) is 4.46. The van der Waals surface area contributed by atoms with Crippen LogP contribution in [0.3, 0.4) is 0 Å². The number of anilines is 1. The number of fused-ring (bicyclic) bond motifs is 3. The van der Waals surface area contributed by atoms with Gasteiger partial charge in [-0.1, -0.05) is 42.7 Å². The van der Waals surface area contributed by atoms with Gasteiger partial charge in [0.15, 0.2) is 0 Å². The Balaban J connectivity index is 1.36. The Morgan fingerprint density at radius 1 is 1.19 bits per heavy atom. The number of hydrazine groups is 1. The Labute approximate surface area is 187 Å². The first kappa shape index (κ1) is 20.9. The van der Waals surface area contributed by atoms with Gasteiger partial charge in [0, 0.05) is 24.8 Å². The lowest BCUT2D eigenvalue weighted by Gasteiger charge is -2.36. The molecule has 6 nitrogen and oxygen atoms in total. The van der Waals surface area contributed by atoms with Crippen molar-refractivity contribution < 1.29 is 14.0 Å². The van der Waals surface area contributed by atoms with E-state index in [0.29, 0.717) is 13.1 Å². The minimum Gasteiger partial charge on any atom is -0.366 e. The molecule has 2 amide bonds. The van der Waals surface area contributed by atoms with E-state index < -0.39 is 0 Å². The summed E-state index contributed by atoms with van der Waals surface area (Å²) in [5.41, 5.74) is 7.21. The van der Waals surface area contributed by atoms with Crippen molar-refractivity contribution in [3.05, 3.63) is 65.0 Å². The molecule has 2 fully saturated rings. The van der Waals surface area contributed by atoms with Gasteiger partial charge in [-0.3, -0.25) is 14.6 Å². The van der Waals surface area contributed by atoms with Crippen molar-refractivity contribution in [2.24, 2.45) is 5.92 Å². The fourth-order valence-electron chi connectivity index (χ4n) is 5.32. The molecule has 2 unspecified atom stereocenters. The number of hydrogen-bond donors (Lipinski definition) is 2. The molecule has 3 aliphatic rings. The van der Waals surface area contributed by atoms with Gasteiger partial charge in [0.05, 0.1) is 12.0 Å². The third kappa shape index (κ3) is 4.09. The largest absolute Gasteiger partial charge is 0.366 e. The van der Waals surface area contributed by atoms with Crippen molar-refractivity contribution in [3.8, 4) is 0 Å². The SMILES string of the molecule is Cc1cccc(CN2CC3C(=O)N(CC(=O)NC4CCCC4)NC3c3cc(F)ccc32)c1. The first-order valence-electron chi connectivity index (χ1n) is 11.4. The monoisotopic (exact) mass is 436 g/mol. The van der Waals surface area contributed by atoms with Crippen molar-refractivity contribution in [2.45, 2.75) is 51.2 Å². The number of nitrogens with zero attached hydrogens (tertiary/aromatic N) is 2. The summed E-state index contributed by atoms with van der Waals surface area (Å²) in [6, 6.07) is 12.9. The van der Waals surface area contributed by atoms with Crippen LogP contribution in [-0.4, -0.2) is 36.0 Å². The molecule has 1 saturated carbocycles. The number of aryl methyl sites for hydroxylation is 1. The van der Waals surface area contributed by atoms with Gasteiger partial charge in [-0.2, -0.15) is 0 Å². The highest BCUT2D eigenvalue weighted by atomic mass is 19.1. The van der Waals surface area contributed by atoms with E-state index in [-0.39, 0.29) is 42.2 Å². The van der Waals surface area contributed by atoms with E-state index in [9.17, 15) is 14.0 Å². The molecule has 2 heterocycles. The minimum absolute atomic E-state index is 0.0230. The number of hydrogen-bond acceptors (Lipinski definition) is 4. The number of nitrogens with one attached hydrogen (secondary N) is 2. The maximum atomic E-state index is 14.2. The predicted octanol–water partition coefficient (Wildman–Crippen LogP) is 3.22. The van der Waals surface area contributed by atoms with E-state index in [2.05, 4.69) is 40.8 Å². The van der Waals surface area contributed by atoms with Crippen LogP contribution in [0, 0.1) is 18.7 Å². The highest BCUT2D eigenvalue weighted by Gasteiger charge is 2.46. The van der Waals surface area contributed by atoms with E-state index in [0.717, 1.165) is 42.5 Å². The maximum Gasteiger partial charge on any atom is 0.244 e. The van der Waals surface area contributed by atoms with Crippen LogP contribution >= 0.6 is 0 Å². The molecule has 2 aliphatic heterocycles. The van der Waals surface area contributed by atoms with E-state index >= 15 is 0 Å². The molecule has 7 heteroatoms. The third-order valence-corrected chi connectivity index (χ3v) is 6.84. The summed E-state index contributed by atoms with van der Waals surface area (Å²) < 4.78 is 14.2. The number of carbonyl (C=O) groups is 2. The van der Waals surface area contributed by atoms with E-state index in [1.165, 1.54) is 22.7 Å². The fourth-order valence-corrected chi connectivity index (χ4v) is 5.32. The topological polar surface area (TPSA) is 64.7 Å². The zero-order chi connectivity index (χ0) is 22.2. The quantitative estimate of drug-likeness (QED) is 0.756. The lowest BCUT2D eigenvalue weighted by molar-refractivity contribution is -0.137. The summed E-state index contributed by atoms with van der Waals surface area (Å²) in [6.45, 7) is 3.19. The number of amides is 2. The Hall–Kier alpha value is -2.93. The van der Waals surface area contributed by atoms with Gasteiger partial charge in [-0.05, 0) is 49.1 Å². The normalized spacial score (nSPS) is 22.8. The first-order valence-corrected chi connectivity index (χ1v) is 11.4. The van der Waals surface area contributed by atoms with Gasteiger partial charge in [0.1, 0.15) is 12.4 Å². The summed E-state index contributed by atoms with van der Waals surface area (Å²) >= 11 is 0. The molecule has 2 atom stereocenters. The standard InChI is InChI=1S/C25H29FN4O2/c1-16-5-4-6-17(11-16)13-29-14-21-24(20-12-18(26)9-10-22(20)29)28-30(25(21)32)15-23(31)27-19-7-2-3-8-19/h4-6,9-12,19,21,24,28H,2-3,7-8,13-15H2,1H3,(H,27,31). The van der Waals surface area contributed by atoms with Crippen LogP contribution < -0.4 is 15.6 Å². The van der Waals surface area contributed by atoms with Crippen molar-refractivity contribution in [1.29, 1.82) is 0 Å². The van der Waals surface area contributed by atoms with Crippen molar-refractivity contribution in [3.63, 3.8) is 0 Å². The van der Waals surface area contributed by atoms with E-state index in [4.69, 9.17) is 0 Å². The predicted molar refractivity (Wildman–Crippen MR) is 120 cm³/mol. The Morgan fingerprint density at radius 2 is 2.00 bits per heavy atom. The van der Waals surface area contributed by atoms with Crippen molar-refractivity contribution >= 4 is 17.5 Å². The summed E-state index contributed by atoms with van der Waals surface area (Å²) in [4.78, 5) is 27.9. The number of rotatable bonds is 5.